The molecule has 2 aromatic carbocycles. The molecule has 98 valence electrons. The Balaban J connectivity index is 2.31. The van der Waals surface area contributed by atoms with Gasteiger partial charge in [0.25, 0.3) is 0 Å². The summed E-state index contributed by atoms with van der Waals surface area (Å²) >= 11 is 22.8. The Labute approximate surface area is 131 Å². The molecule has 0 heterocycles. The topological polar surface area (TPSA) is 35.2 Å². The van der Waals surface area contributed by atoms with Crippen LogP contribution in [0.25, 0.3) is 0 Å². The molecule has 2 N–H and O–H groups in total. The number of nitrogens with two attached hydrogens (primary N) is 1. The third kappa shape index (κ3) is 3.51. The fraction of sp³-hybridized carbons (Fsp3) is 0. The van der Waals surface area contributed by atoms with Crippen molar-refractivity contribution >= 4 is 52.0 Å². The minimum Gasteiger partial charge on any atom is -0.454 e. The molecule has 0 saturated heterocycles. The van der Waals surface area contributed by atoms with E-state index in [1.807, 2.05) is 0 Å². The maximum absolute atomic E-state index is 6.10. The second-order valence-corrected chi connectivity index (χ2v) is 5.38. The molecule has 0 aromatic heterocycles. The summed E-state index contributed by atoms with van der Waals surface area (Å²) in [7, 11) is 0. The van der Waals surface area contributed by atoms with E-state index >= 15 is 0 Å². The minimum atomic E-state index is 0.276. The molecule has 0 saturated carbocycles. The molecule has 2 aromatic rings. The molecule has 2 rings (SSSR count). The molecule has 0 aliphatic carbocycles. The summed E-state index contributed by atoms with van der Waals surface area (Å²) in [5.41, 5.74) is 6.20. The van der Waals surface area contributed by atoms with Gasteiger partial charge in [-0.15, -0.1) is 0 Å². The molecule has 6 heteroatoms. The first-order chi connectivity index (χ1) is 8.97. The second kappa shape index (κ2) is 5.97. The third-order valence-electron chi connectivity index (χ3n) is 2.33. The van der Waals surface area contributed by atoms with E-state index in [0.29, 0.717) is 32.1 Å². The van der Waals surface area contributed by atoms with Crippen LogP contribution in [-0.4, -0.2) is 4.99 Å². The molecule has 0 aliphatic heterocycles. The quantitative estimate of drug-likeness (QED) is 0.797. The summed E-state index contributed by atoms with van der Waals surface area (Å²) in [6.07, 6.45) is 0. The van der Waals surface area contributed by atoms with Crippen LogP contribution in [0, 0.1) is 0 Å². The van der Waals surface area contributed by atoms with E-state index in [4.69, 9.17) is 57.5 Å². The molecule has 0 bridgehead atoms. The van der Waals surface area contributed by atoms with Gasteiger partial charge >= 0.3 is 0 Å². The van der Waals surface area contributed by atoms with E-state index in [1.54, 1.807) is 36.4 Å². The predicted octanol–water partition coefficient (Wildman–Crippen LogP) is 5.07. The van der Waals surface area contributed by atoms with Gasteiger partial charge < -0.3 is 10.5 Å². The average Bonchev–Trinajstić information content (AvgIpc) is 2.34. The SMILES string of the molecule is NC(=S)c1ccc(Oc2ccc(Cl)cc2Cl)c(Cl)c1. The minimum absolute atomic E-state index is 0.276. The number of halogens is 3. The smallest absolute Gasteiger partial charge is 0.146 e. The first-order valence-corrected chi connectivity index (χ1v) is 6.74. The third-order valence-corrected chi connectivity index (χ3v) is 3.39. The zero-order valence-electron chi connectivity index (χ0n) is 9.49. The lowest BCUT2D eigenvalue weighted by Crippen LogP contribution is -2.08. The summed E-state index contributed by atoms with van der Waals surface area (Å²) in [6, 6.07) is 10.00. The lowest BCUT2D eigenvalue weighted by atomic mass is 10.2. The van der Waals surface area contributed by atoms with E-state index in [0.717, 1.165) is 0 Å². The Morgan fingerprint density at radius 2 is 1.53 bits per heavy atom. The summed E-state index contributed by atoms with van der Waals surface area (Å²) < 4.78 is 5.62. The normalized spacial score (nSPS) is 10.3. The highest BCUT2D eigenvalue weighted by atomic mass is 35.5. The summed E-state index contributed by atoms with van der Waals surface area (Å²) in [4.78, 5) is 0.276. The van der Waals surface area contributed by atoms with Crippen molar-refractivity contribution in [1.82, 2.24) is 0 Å². The van der Waals surface area contributed by atoms with Gasteiger partial charge in [-0.05, 0) is 36.4 Å². The van der Waals surface area contributed by atoms with Gasteiger partial charge in [-0.1, -0.05) is 47.0 Å². The number of hydrogen-bond donors (Lipinski definition) is 1. The lowest BCUT2D eigenvalue weighted by molar-refractivity contribution is 0.483. The van der Waals surface area contributed by atoms with Gasteiger partial charge in [0.1, 0.15) is 16.5 Å². The molecule has 0 amide bonds. The molecule has 0 fully saturated rings. The van der Waals surface area contributed by atoms with Crippen LogP contribution in [0.5, 0.6) is 11.5 Å². The first kappa shape index (κ1) is 14.4. The zero-order chi connectivity index (χ0) is 14.0. The van der Waals surface area contributed by atoms with Crippen molar-refractivity contribution in [2.24, 2.45) is 5.73 Å². The molecular weight excluding hydrogens is 325 g/mol. The van der Waals surface area contributed by atoms with Crippen LogP contribution in [0.2, 0.25) is 15.1 Å². The van der Waals surface area contributed by atoms with Crippen LogP contribution < -0.4 is 10.5 Å². The highest BCUT2D eigenvalue weighted by molar-refractivity contribution is 7.80. The number of benzene rings is 2. The number of thiocarbonyl (C=S) groups is 1. The van der Waals surface area contributed by atoms with Gasteiger partial charge in [0.15, 0.2) is 0 Å². The molecular formula is C13H8Cl3NOS. The highest BCUT2D eigenvalue weighted by Gasteiger charge is 2.08. The Morgan fingerprint density at radius 3 is 2.05 bits per heavy atom. The fourth-order valence-corrected chi connectivity index (χ4v) is 2.21. The summed E-state index contributed by atoms with van der Waals surface area (Å²) in [5, 5.41) is 1.34. The lowest BCUT2D eigenvalue weighted by Gasteiger charge is -2.10. The molecule has 2 nitrogen and oxygen atoms in total. The monoisotopic (exact) mass is 331 g/mol. The molecule has 0 spiro atoms. The van der Waals surface area contributed by atoms with Crippen molar-refractivity contribution in [2.45, 2.75) is 0 Å². The number of hydrogen-bond acceptors (Lipinski definition) is 2. The average molecular weight is 333 g/mol. The fourth-order valence-electron chi connectivity index (χ4n) is 1.41. The van der Waals surface area contributed by atoms with Gasteiger partial charge in [0, 0.05) is 10.6 Å². The molecule has 0 atom stereocenters. The van der Waals surface area contributed by atoms with Crippen LogP contribution in [-0.2, 0) is 0 Å². The largest absolute Gasteiger partial charge is 0.454 e. The van der Waals surface area contributed by atoms with Gasteiger partial charge in [0.05, 0.1) is 10.0 Å². The molecule has 0 unspecified atom stereocenters. The van der Waals surface area contributed by atoms with Gasteiger partial charge in [0.2, 0.25) is 0 Å². The van der Waals surface area contributed by atoms with E-state index in [2.05, 4.69) is 0 Å². The molecule has 19 heavy (non-hydrogen) atoms. The zero-order valence-corrected chi connectivity index (χ0v) is 12.6. The molecule has 0 radical (unpaired) electrons. The maximum Gasteiger partial charge on any atom is 0.146 e. The van der Waals surface area contributed by atoms with Gasteiger partial charge in [-0.2, -0.15) is 0 Å². The van der Waals surface area contributed by atoms with E-state index in [-0.39, 0.29) is 4.99 Å². The summed E-state index contributed by atoms with van der Waals surface area (Å²) in [5.74, 6) is 0.932. The number of ether oxygens (including phenoxy) is 1. The standard InChI is InChI=1S/C13H8Cl3NOS/c14-8-2-4-12(10(16)6-8)18-11-3-1-7(13(17)19)5-9(11)15/h1-6H,(H2,17,19). The van der Waals surface area contributed by atoms with Gasteiger partial charge in [-0.3, -0.25) is 0 Å². The second-order valence-electron chi connectivity index (χ2n) is 3.69. The van der Waals surface area contributed by atoms with Crippen LogP contribution >= 0.6 is 47.0 Å². The van der Waals surface area contributed by atoms with Crippen molar-refractivity contribution in [1.29, 1.82) is 0 Å². The maximum atomic E-state index is 6.10. The van der Waals surface area contributed by atoms with Gasteiger partial charge in [-0.25, -0.2) is 0 Å². The predicted molar refractivity (Wildman–Crippen MR) is 83.9 cm³/mol. The van der Waals surface area contributed by atoms with Crippen LogP contribution in [0.3, 0.4) is 0 Å². The van der Waals surface area contributed by atoms with Crippen LogP contribution in [0.1, 0.15) is 5.56 Å². The van der Waals surface area contributed by atoms with Crippen molar-refractivity contribution in [3.63, 3.8) is 0 Å². The van der Waals surface area contributed by atoms with Crippen molar-refractivity contribution in [3.05, 3.63) is 57.0 Å². The highest BCUT2D eigenvalue weighted by Crippen LogP contribution is 2.35. The summed E-state index contributed by atoms with van der Waals surface area (Å²) in [6.45, 7) is 0. The van der Waals surface area contributed by atoms with Crippen LogP contribution in [0.4, 0.5) is 0 Å². The number of rotatable bonds is 3. The van der Waals surface area contributed by atoms with Crippen molar-refractivity contribution in [3.8, 4) is 11.5 Å². The van der Waals surface area contributed by atoms with Crippen molar-refractivity contribution in [2.75, 3.05) is 0 Å². The first-order valence-electron chi connectivity index (χ1n) is 5.19. The van der Waals surface area contributed by atoms with E-state index in [1.165, 1.54) is 0 Å². The Bertz CT molecular complexity index is 646. The Morgan fingerprint density at radius 1 is 0.947 bits per heavy atom. The van der Waals surface area contributed by atoms with E-state index < -0.39 is 0 Å². The Kier molecular flexibility index (Phi) is 4.53. The van der Waals surface area contributed by atoms with E-state index in [9.17, 15) is 0 Å². The van der Waals surface area contributed by atoms with Crippen LogP contribution in [0.15, 0.2) is 36.4 Å². The van der Waals surface area contributed by atoms with Crippen molar-refractivity contribution < 1.29 is 4.74 Å². The Hall–Kier alpha value is -1.000. The molecule has 0 aliphatic rings.